The SMILES string of the molecule is CCC(=O)C(C(=O)OC)C(C[N+](=O)[O-])c1ccccc1. The van der Waals surface area contributed by atoms with Gasteiger partial charge in [0.1, 0.15) is 11.7 Å². The number of hydrogen-bond acceptors (Lipinski definition) is 5. The van der Waals surface area contributed by atoms with E-state index < -0.39 is 29.3 Å². The van der Waals surface area contributed by atoms with Crippen molar-refractivity contribution in [2.24, 2.45) is 5.92 Å². The van der Waals surface area contributed by atoms with Crippen LogP contribution in [0.1, 0.15) is 24.8 Å². The molecule has 0 N–H and O–H groups in total. The Morgan fingerprint density at radius 1 is 1.30 bits per heavy atom. The number of benzene rings is 1. The summed E-state index contributed by atoms with van der Waals surface area (Å²) in [6, 6.07) is 8.54. The summed E-state index contributed by atoms with van der Waals surface area (Å²) < 4.78 is 4.64. The lowest BCUT2D eigenvalue weighted by molar-refractivity contribution is -0.484. The molecule has 0 aromatic heterocycles. The maximum atomic E-state index is 12.0. The van der Waals surface area contributed by atoms with Gasteiger partial charge in [0.05, 0.1) is 13.0 Å². The standard InChI is InChI=1S/C14H17NO5/c1-3-12(16)13(14(17)20-2)11(9-15(18)19)10-7-5-4-6-8-10/h4-8,11,13H,3,9H2,1-2H3. The first-order chi connectivity index (χ1) is 9.51. The second-order valence-corrected chi connectivity index (χ2v) is 4.35. The van der Waals surface area contributed by atoms with Crippen LogP contribution in [0.2, 0.25) is 0 Å². The minimum Gasteiger partial charge on any atom is -0.468 e. The van der Waals surface area contributed by atoms with Crippen LogP contribution in [0.5, 0.6) is 0 Å². The third kappa shape index (κ3) is 3.88. The summed E-state index contributed by atoms with van der Waals surface area (Å²) in [6.45, 7) is 1.13. The number of ketones is 1. The van der Waals surface area contributed by atoms with Gasteiger partial charge in [0.25, 0.3) is 0 Å². The lowest BCUT2D eigenvalue weighted by atomic mass is 9.82. The van der Waals surface area contributed by atoms with Gasteiger partial charge in [0.15, 0.2) is 0 Å². The maximum absolute atomic E-state index is 12.0. The number of esters is 1. The number of methoxy groups -OCH3 is 1. The monoisotopic (exact) mass is 279 g/mol. The molecule has 0 amide bonds. The fourth-order valence-corrected chi connectivity index (χ4v) is 2.13. The number of nitro groups is 1. The highest BCUT2D eigenvalue weighted by Gasteiger charge is 2.38. The van der Waals surface area contributed by atoms with Gasteiger partial charge in [-0.3, -0.25) is 19.7 Å². The molecule has 1 rings (SSSR count). The van der Waals surface area contributed by atoms with Crippen LogP contribution in [0.3, 0.4) is 0 Å². The average molecular weight is 279 g/mol. The van der Waals surface area contributed by atoms with Crippen LogP contribution in [0, 0.1) is 16.0 Å². The zero-order chi connectivity index (χ0) is 15.1. The third-order valence-corrected chi connectivity index (χ3v) is 3.13. The highest BCUT2D eigenvalue weighted by molar-refractivity contribution is 5.99. The summed E-state index contributed by atoms with van der Waals surface area (Å²) >= 11 is 0. The molecule has 2 atom stereocenters. The molecule has 0 bridgehead atoms. The van der Waals surface area contributed by atoms with E-state index in [0.29, 0.717) is 5.56 Å². The molecule has 0 heterocycles. The Kier molecular flexibility index (Phi) is 5.83. The number of hydrogen-bond donors (Lipinski definition) is 0. The Morgan fingerprint density at radius 2 is 1.90 bits per heavy atom. The van der Waals surface area contributed by atoms with Crippen molar-refractivity contribution in [1.82, 2.24) is 0 Å². The van der Waals surface area contributed by atoms with E-state index >= 15 is 0 Å². The number of nitrogens with zero attached hydrogens (tertiary/aromatic N) is 1. The summed E-state index contributed by atoms with van der Waals surface area (Å²) in [6.07, 6.45) is 0.126. The van der Waals surface area contributed by atoms with Crippen molar-refractivity contribution >= 4 is 11.8 Å². The molecule has 0 aliphatic carbocycles. The predicted octanol–water partition coefficient (Wildman–Crippen LogP) is 1.82. The van der Waals surface area contributed by atoms with E-state index in [1.807, 2.05) is 0 Å². The Labute approximate surface area is 116 Å². The van der Waals surface area contributed by atoms with Crippen LogP contribution in [0.25, 0.3) is 0 Å². The van der Waals surface area contributed by atoms with E-state index in [1.165, 1.54) is 7.11 Å². The largest absolute Gasteiger partial charge is 0.468 e. The van der Waals surface area contributed by atoms with Crippen LogP contribution in [0.4, 0.5) is 0 Å². The van der Waals surface area contributed by atoms with Crippen molar-refractivity contribution in [3.05, 3.63) is 46.0 Å². The molecule has 0 radical (unpaired) electrons. The minimum atomic E-state index is -1.14. The van der Waals surface area contributed by atoms with E-state index in [0.717, 1.165) is 0 Å². The summed E-state index contributed by atoms with van der Waals surface area (Å²) in [5.41, 5.74) is 0.585. The smallest absolute Gasteiger partial charge is 0.317 e. The molecular formula is C14H17NO5. The first kappa shape index (κ1) is 15.8. The molecule has 0 spiro atoms. The molecule has 20 heavy (non-hydrogen) atoms. The molecular weight excluding hydrogens is 262 g/mol. The van der Waals surface area contributed by atoms with E-state index in [9.17, 15) is 19.7 Å². The van der Waals surface area contributed by atoms with Gasteiger partial charge in [-0.25, -0.2) is 0 Å². The Bertz CT molecular complexity index is 470. The lowest BCUT2D eigenvalue weighted by Gasteiger charge is -2.21. The van der Waals surface area contributed by atoms with Crippen molar-refractivity contribution in [1.29, 1.82) is 0 Å². The number of carbonyl (C=O) groups excluding carboxylic acids is 2. The minimum absolute atomic E-state index is 0.126. The Balaban J connectivity index is 3.21. The third-order valence-electron chi connectivity index (χ3n) is 3.13. The number of Topliss-reactive ketones (excluding diaryl/α,β-unsaturated/α-hetero) is 1. The van der Waals surface area contributed by atoms with E-state index in [-0.39, 0.29) is 12.2 Å². The van der Waals surface area contributed by atoms with Crippen LogP contribution < -0.4 is 0 Å². The summed E-state index contributed by atoms with van der Waals surface area (Å²) in [7, 11) is 1.17. The molecule has 0 aliphatic rings. The van der Waals surface area contributed by atoms with Crippen molar-refractivity contribution in [2.45, 2.75) is 19.3 Å². The molecule has 108 valence electrons. The molecule has 0 saturated carbocycles. The normalized spacial score (nSPS) is 13.3. The van der Waals surface area contributed by atoms with Crippen molar-refractivity contribution < 1.29 is 19.2 Å². The lowest BCUT2D eigenvalue weighted by Crippen LogP contribution is -2.34. The first-order valence-electron chi connectivity index (χ1n) is 6.28. The van der Waals surface area contributed by atoms with Crippen molar-refractivity contribution in [3.63, 3.8) is 0 Å². The number of rotatable bonds is 7. The highest BCUT2D eigenvalue weighted by atomic mass is 16.6. The van der Waals surface area contributed by atoms with Crippen LogP contribution in [0.15, 0.2) is 30.3 Å². The molecule has 6 heteroatoms. The van der Waals surface area contributed by atoms with Gasteiger partial charge in [-0.15, -0.1) is 0 Å². The zero-order valence-corrected chi connectivity index (χ0v) is 11.4. The van der Waals surface area contributed by atoms with Gasteiger partial charge in [0.2, 0.25) is 6.54 Å². The Morgan fingerprint density at radius 3 is 2.35 bits per heavy atom. The van der Waals surface area contributed by atoms with E-state index in [4.69, 9.17) is 0 Å². The van der Waals surface area contributed by atoms with Gasteiger partial charge in [-0.05, 0) is 5.56 Å². The summed E-state index contributed by atoms with van der Waals surface area (Å²) in [5, 5.41) is 10.9. The van der Waals surface area contributed by atoms with Gasteiger partial charge >= 0.3 is 5.97 Å². The van der Waals surface area contributed by atoms with Crippen LogP contribution in [-0.2, 0) is 14.3 Å². The van der Waals surface area contributed by atoms with E-state index in [2.05, 4.69) is 4.74 Å². The molecule has 0 fully saturated rings. The zero-order valence-electron chi connectivity index (χ0n) is 11.4. The van der Waals surface area contributed by atoms with Crippen LogP contribution in [-0.4, -0.2) is 30.3 Å². The second kappa shape index (κ2) is 7.37. The fourth-order valence-electron chi connectivity index (χ4n) is 2.13. The van der Waals surface area contributed by atoms with Crippen molar-refractivity contribution in [3.8, 4) is 0 Å². The summed E-state index contributed by atoms with van der Waals surface area (Å²) in [4.78, 5) is 34.2. The first-order valence-corrected chi connectivity index (χ1v) is 6.28. The molecule has 1 aromatic rings. The summed E-state index contributed by atoms with van der Waals surface area (Å²) in [5.74, 6) is -3.04. The van der Waals surface area contributed by atoms with Gasteiger partial charge < -0.3 is 4.74 Å². The van der Waals surface area contributed by atoms with Crippen LogP contribution >= 0.6 is 0 Å². The van der Waals surface area contributed by atoms with Crippen molar-refractivity contribution in [2.75, 3.05) is 13.7 Å². The van der Waals surface area contributed by atoms with Gasteiger partial charge in [-0.1, -0.05) is 37.3 Å². The molecule has 1 aromatic carbocycles. The predicted molar refractivity (Wildman–Crippen MR) is 71.8 cm³/mol. The van der Waals surface area contributed by atoms with E-state index in [1.54, 1.807) is 37.3 Å². The Hall–Kier alpha value is -2.24. The highest BCUT2D eigenvalue weighted by Crippen LogP contribution is 2.28. The topological polar surface area (TPSA) is 86.5 Å². The molecule has 2 unspecified atom stereocenters. The second-order valence-electron chi connectivity index (χ2n) is 4.35. The maximum Gasteiger partial charge on any atom is 0.317 e. The molecule has 0 aliphatic heterocycles. The fraction of sp³-hybridized carbons (Fsp3) is 0.429. The molecule has 6 nitrogen and oxygen atoms in total. The van der Waals surface area contributed by atoms with Gasteiger partial charge in [-0.2, -0.15) is 0 Å². The van der Waals surface area contributed by atoms with Gasteiger partial charge in [0, 0.05) is 11.3 Å². The molecule has 0 saturated heterocycles. The number of carbonyl (C=O) groups is 2. The number of ether oxygens (including phenoxy) is 1. The average Bonchev–Trinajstić information content (AvgIpc) is 2.46. The quantitative estimate of drug-likeness (QED) is 0.329.